The number of unbranched alkanes of at least 4 members (excludes halogenated alkanes) is 1. The van der Waals surface area contributed by atoms with E-state index in [1.165, 1.54) is 7.11 Å². The van der Waals surface area contributed by atoms with Crippen LogP contribution in [-0.2, 0) is 14.3 Å². The van der Waals surface area contributed by atoms with Crippen LogP contribution >= 0.6 is 0 Å². The number of hydrogen-bond acceptors (Lipinski definition) is 3. The number of carbonyl (C=O) groups is 2. The first-order valence-corrected chi connectivity index (χ1v) is 4.40. The smallest absolute Gasteiger partial charge is 0.305 e. The molecule has 74 valence electrons. The fourth-order valence-corrected chi connectivity index (χ4v) is 0.912. The lowest BCUT2D eigenvalue weighted by Crippen LogP contribution is -2.05. The van der Waals surface area contributed by atoms with Crippen LogP contribution < -0.4 is 0 Å². The molecule has 0 N–H and O–H groups in total. The molecule has 0 bridgehead atoms. The summed E-state index contributed by atoms with van der Waals surface area (Å²) in [5.74, 6) is -0.204. The van der Waals surface area contributed by atoms with Crippen LogP contribution in [0, 0.1) is 0 Å². The number of ether oxygens (including phenoxy) is 1. The molecule has 0 saturated carbocycles. The summed E-state index contributed by atoms with van der Waals surface area (Å²) in [5, 5.41) is 0. The lowest BCUT2D eigenvalue weighted by atomic mass is 10.1. The van der Waals surface area contributed by atoms with Gasteiger partial charge in [-0.15, -0.1) is 6.58 Å². The molecule has 0 atom stereocenters. The maximum absolute atomic E-state index is 11.1. The molecule has 3 nitrogen and oxygen atoms in total. The number of esters is 1. The summed E-state index contributed by atoms with van der Waals surface area (Å²) < 4.78 is 4.42. The van der Waals surface area contributed by atoms with Gasteiger partial charge in [-0.3, -0.25) is 9.59 Å². The van der Waals surface area contributed by atoms with Gasteiger partial charge in [0, 0.05) is 12.8 Å². The van der Waals surface area contributed by atoms with E-state index >= 15 is 0 Å². The molecule has 0 fully saturated rings. The van der Waals surface area contributed by atoms with Crippen molar-refractivity contribution in [2.45, 2.75) is 32.1 Å². The molecule has 0 aromatic carbocycles. The Morgan fingerprint density at radius 3 is 2.54 bits per heavy atom. The Labute approximate surface area is 78.8 Å². The van der Waals surface area contributed by atoms with Crippen LogP contribution in [0.1, 0.15) is 32.1 Å². The van der Waals surface area contributed by atoms with Crippen LogP contribution in [0.2, 0.25) is 0 Å². The second-order valence-electron chi connectivity index (χ2n) is 2.80. The minimum atomic E-state index is -0.322. The topological polar surface area (TPSA) is 43.4 Å². The molecule has 0 amide bonds. The molecule has 3 heteroatoms. The van der Waals surface area contributed by atoms with Crippen molar-refractivity contribution in [3.05, 3.63) is 12.7 Å². The molecule has 0 aromatic rings. The van der Waals surface area contributed by atoms with Gasteiger partial charge in [0.25, 0.3) is 0 Å². The zero-order valence-electron chi connectivity index (χ0n) is 8.04. The van der Waals surface area contributed by atoms with Crippen molar-refractivity contribution in [3.8, 4) is 0 Å². The Kier molecular flexibility index (Phi) is 6.88. The molecule has 0 radical (unpaired) electrons. The van der Waals surface area contributed by atoms with Crippen molar-refractivity contribution in [3.63, 3.8) is 0 Å². The Hall–Kier alpha value is -1.12. The van der Waals surface area contributed by atoms with E-state index in [4.69, 9.17) is 0 Å². The number of Topliss-reactive ketones (excluding diaryl/α,β-unsaturated/α-hetero) is 1. The summed E-state index contributed by atoms with van der Waals surface area (Å²) >= 11 is 0. The average molecular weight is 184 g/mol. The van der Waals surface area contributed by atoms with E-state index in [0.29, 0.717) is 12.8 Å². The molecule has 0 aliphatic rings. The van der Waals surface area contributed by atoms with Crippen molar-refractivity contribution in [1.29, 1.82) is 0 Å². The first-order chi connectivity index (χ1) is 6.20. The molecule has 0 unspecified atom stereocenters. The van der Waals surface area contributed by atoms with E-state index in [2.05, 4.69) is 11.3 Å². The third-order valence-electron chi connectivity index (χ3n) is 1.70. The molecular weight excluding hydrogens is 168 g/mol. The van der Waals surface area contributed by atoms with Gasteiger partial charge in [-0.2, -0.15) is 0 Å². The van der Waals surface area contributed by atoms with Gasteiger partial charge in [-0.25, -0.2) is 0 Å². The van der Waals surface area contributed by atoms with Gasteiger partial charge in [0.05, 0.1) is 13.5 Å². The van der Waals surface area contributed by atoms with Gasteiger partial charge in [0.2, 0.25) is 0 Å². The maximum atomic E-state index is 11.1. The fourth-order valence-electron chi connectivity index (χ4n) is 0.912. The van der Waals surface area contributed by atoms with Crippen molar-refractivity contribution < 1.29 is 14.3 Å². The number of rotatable bonds is 7. The molecule has 0 aliphatic heterocycles. The minimum absolute atomic E-state index is 0.118. The molecule has 0 spiro atoms. The molecule has 0 aliphatic carbocycles. The van der Waals surface area contributed by atoms with E-state index in [1.807, 2.05) is 0 Å². The highest BCUT2D eigenvalue weighted by Crippen LogP contribution is 2.02. The average Bonchev–Trinajstić information content (AvgIpc) is 2.14. The second-order valence-corrected chi connectivity index (χ2v) is 2.80. The van der Waals surface area contributed by atoms with Crippen molar-refractivity contribution in [2.75, 3.05) is 7.11 Å². The van der Waals surface area contributed by atoms with Crippen molar-refractivity contribution >= 4 is 11.8 Å². The zero-order chi connectivity index (χ0) is 10.1. The van der Waals surface area contributed by atoms with Gasteiger partial charge in [-0.05, 0) is 12.8 Å². The maximum Gasteiger partial charge on any atom is 0.305 e. The Balaban J connectivity index is 3.40. The van der Waals surface area contributed by atoms with Gasteiger partial charge in [0.1, 0.15) is 5.78 Å². The van der Waals surface area contributed by atoms with Crippen LogP contribution in [0.5, 0.6) is 0 Å². The monoisotopic (exact) mass is 184 g/mol. The molecule has 0 heterocycles. The van der Waals surface area contributed by atoms with Gasteiger partial charge in [0.15, 0.2) is 0 Å². The van der Waals surface area contributed by atoms with E-state index in [1.54, 1.807) is 6.08 Å². The highest BCUT2D eigenvalue weighted by molar-refractivity contribution is 5.82. The zero-order valence-corrected chi connectivity index (χ0v) is 8.04. The first kappa shape index (κ1) is 11.9. The predicted octanol–water partition coefficient (Wildman–Crippen LogP) is 1.86. The van der Waals surface area contributed by atoms with Crippen molar-refractivity contribution in [2.24, 2.45) is 0 Å². The summed E-state index contributed by atoms with van der Waals surface area (Å²) in [6, 6.07) is 0. The van der Waals surface area contributed by atoms with Crippen LogP contribution in [0.25, 0.3) is 0 Å². The summed E-state index contributed by atoms with van der Waals surface area (Å²) in [6.45, 7) is 3.56. The second kappa shape index (κ2) is 7.53. The lowest BCUT2D eigenvalue weighted by Gasteiger charge is -1.98. The Bertz CT molecular complexity index is 185. The molecule has 0 saturated heterocycles. The quantitative estimate of drug-likeness (QED) is 0.344. The van der Waals surface area contributed by atoms with Gasteiger partial charge in [-0.1, -0.05) is 6.08 Å². The first-order valence-electron chi connectivity index (χ1n) is 4.40. The number of allylic oxidation sites excluding steroid dienone is 1. The van der Waals surface area contributed by atoms with E-state index in [-0.39, 0.29) is 18.2 Å². The van der Waals surface area contributed by atoms with E-state index in [9.17, 15) is 9.59 Å². The van der Waals surface area contributed by atoms with Crippen LogP contribution in [0.15, 0.2) is 12.7 Å². The largest absolute Gasteiger partial charge is 0.469 e. The van der Waals surface area contributed by atoms with Crippen LogP contribution in [0.3, 0.4) is 0 Å². The highest BCUT2D eigenvalue weighted by Gasteiger charge is 2.05. The summed E-state index contributed by atoms with van der Waals surface area (Å²) in [7, 11) is 1.32. The molecule has 13 heavy (non-hydrogen) atoms. The number of hydrogen-bond donors (Lipinski definition) is 0. The number of carbonyl (C=O) groups excluding carboxylic acids is 2. The normalized spacial score (nSPS) is 9.31. The minimum Gasteiger partial charge on any atom is -0.469 e. The molecular formula is C10H16O3. The fraction of sp³-hybridized carbons (Fsp3) is 0.600. The van der Waals surface area contributed by atoms with E-state index in [0.717, 1.165) is 12.8 Å². The van der Waals surface area contributed by atoms with Crippen molar-refractivity contribution in [1.82, 2.24) is 0 Å². The molecule has 0 rings (SSSR count). The summed E-state index contributed by atoms with van der Waals surface area (Å²) in [5.41, 5.74) is 0. The van der Waals surface area contributed by atoms with Crippen LogP contribution in [0.4, 0.5) is 0 Å². The molecule has 0 aromatic heterocycles. The SMILES string of the molecule is C=CCCCC(=O)CCC(=O)OC. The predicted molar refractivity (Wildman–Crippen MR) is 50.3 cm³/mol. The summed E-state index contributed by atoms with van der Waals surface area (Å²) in [4.78, 5) is 21.8. The van der Waals surface area contributed by atoms with Gasteiger partial charge < -0.3 is 4.74 Å². The van der Waals surface area contributed by atoms with E-state index < -0.39 is 0 Å². The van der Waals surface area contributed by atoms with Gasteiger partial charge >= 0.3 is 5.97 Å². The summed E-state index contributed by atoms with van der Waals surface area (Å²) in [6.07, 6.45) is 4.48. The Morgan fingerprint density at radius 1 is 1.31 bits per heavy atom. The number of ketones is 1. The third-order valence-corrected chi connectivity index (χ3v) is 1.70. The highest BCUT2D eigenvalue weighted by atomic mass is 16.5. The number of methoxy groups -OCH3 is 1. The Morgan fingerprint density at radius 2 is 2.00 bits per heavy atom. The lowest BCUT2D eigenvalue weighted by molar-refractivity contribution is -0.141. The third kappa shape index (κ3) is 7.25. The standard InChI is InChI=1S/C10H16O3/c1-3-4-5-6-9(11)7-8-10(12)13-2/h3H,1,4-8H2,2H3. The van der Waals surface area contributed by atoms with Crippen LogP contribution in [-0.4, -0.2) is 18.9 Å².